The zero-order valence-electron chi connectivity index (χ0n) is 24.9. The Balaban J connectivity index is 1.29. The average molecular weight is 645 g/mol. The van der Waals surface area contributed by atoms with Crippen molar-refractivity contribution in [1.82, 2.24) is 14.5 Å². The van der Waals surface area contributed by atoms with Crippen LogP contribution < -0.4 is 15.5 Å². The van der Waals surface area contributed by atoms with Crippen LogP contribution in [0.4, 0.5) is 26.0 Å². The first kappa shape index (κ1) is 31.1. The van der Waals surface area contributed by atoms with Crippen LogP contribution in [0.2, 0.25) is 0 Å². The highest BCUT2D eigenvalue weighted by atomic mass is 32.2. The zero-order valence-corrected chi connectivity index (χ0v) is 25.7. The van der Waals surface area contributed by atoms with Gasteiger partial charge in [-0.3, -0.25) is 14.7 Å². The number of morpholine rings is 1. The number of anilines is 3. The summed E-state index contributed by atoms with van der Waals surface area (Å²) in [6.45, 7) is 6.30. The zero-order chi connectivity index (χ0) is 31.9. The number of halogens is 2. The van der Waals surface area contributed by atoms with Gasteiger partial charge in [0.05, 0.1) is 29.4 Å². The molecule has 2 saturated heterocycles. The van der Waals surface area contributed by atoms with E-state index >= 15 is 0 Å². The molecule has 15 heteroatoms. The van der Waals surface area contributed by atoms with E-state index in [9.17, 15) is 26.8 Å². The largest absolute Gasteiger partial charge is 0.378 e. The van der Waals surface area contributed by atoms with E-state index in [0.717, 1.165) is 28.5 Å². The van der Waals surface area contributed by atoms with Crippen LogP contribution in [0, 0.1) is 11.6 Å². The fourth-order valence-electron chi connectivity index (χ4n) is 5.96. The van der Waals surface area contributed by atoms with Gasteiger partial charge in [-0.2, -0.15) is 9.40 Å². The summed E-state index contributed by atoms with van der Waals surface area (Å²) in [4.78, 5) is 28.3. The van der Waals surface area contributed by atoms with Crippen LogP contribution >= 0.6 is 0 Å². The summed E-state index contributed by atoms with van der Waals surface area (Å²) in [6.07, 6.45) is 0.724. The maximum atomic E-state index is 13.9. The van der Waals surface area contributed by atoms with E-state index in [2.05, 4.69) is 25.7 Å². The Bertz CT molecular complexity index is 1710. The molecule has 0 saturated carbocycles. The number of ether oxygens (including phenoxy) is 2. The predicted molar refractivity (Wildman–Crippen MR) is 161 cm³/mol. The average Bonchev–Trinajstić information content (AvgIpc) is 3.68. The maximum Gasteiger partial charge on any atom is 0.258 e. The number of fused-ring (bicyclic) bond motifs is 1. The van der Waals surface area contributed by atoms with E-state index < -0.39 is 44.0 Å². The van der Waals surface area contributed by atoms with Gasteiger partial charge in [0.1, 0.15) is 17.7 Å². The molecule has 3 aliphatic heterocycles. The summed E-state index contributed by atoms with van der Waals surface area (Å²) in [5.41, 5.74) is 1.51. The Morgan fingerprint density at radius 1 is 1.04 bits per heavy atom. The first-order valence-corrected chi connectivity index (χ1v) is 16.1. The summed E-state index contributed by atoms with van der Waals surface area (Å²) in [7, 11) is -4.31. The van der Waals surface area contributed by atoms with Crippen LogP contribution in [0.1, 0.15) is 48.3 Å². The standard InChI is InChI=1S/C30H34F2N6O6S/c1-30(2)17-38(45(41,42)21-13-18(31)12-19(32)14-21)16-23-26(30)35-36-27(23)34-28(39)22-6-5-20(37-7-10-43-11-8-37)15-24(22)33-29(40)25-4-3-9-44-25/h5-6,12-15,25H,3-4,7-11,16-17H2,1-2H3,(H,33,40)(H2,34,35,36,39)/t25-/m0/s1. The van der Waals surface area contributed by atoms with Crippen LogP contribution in [0.15, 0.2) is 41.3 Å². The minimum Gasteiger partial charge on any atom is -0.378 e. The fourth-order valence-corrected chi connectivity index (χ4v) is 7.57. The Hall–Kier alpha value is -3.92. The van der Waals surface area contributed by atoms with Gasteiger partial charge in [-0.1, -0.05) is 13.8 Å². The maximum absolute atomic E-state index is 13.9. The number of aromatic amines is 1. The first-order chi connectivity index (χ1) is 21.4. The van der Waals surface area contributed by atoms with Gasteiger partial charge >= 0.3 is 0 Å². The molecule has 2 amide bonds. The molecule has 4 heterocycles. The van der Waals surface area contributed by atoms with E-state index in [1.54, 1.807) is 32.0 Å². The lowest BCUT2D eigenvalue weighted by atomic mass is 9.84. The molecule has 0 spiro atoms. The number of hydrogen-bond donors (Lipinski definition) is 3. The number of amides is 2. The van der Waals surface area contributed by atoms with Crippen molar-refractivity contribution in [1.29, 1.82) is 0 Å². The highest BCUT2D eigenvalue weighted by molar-refractivity contribution is 7.89. The lowest BCUT2D eigenvalue weighted by molar-refractivity contribution is -0.124. The Morgan fingerprint density at radius 2 is 1.78 bits per heavy atom. The molecule has 0 bridgehead atoms. The molecule has 2 fully saturated rings. The van der Waals surface area contributed by atoms with Gasteiger partial charge in [0.2, 0.25) is 10.0 Å². The molecule has 0 aliphatic carbocycles. The highest BCUT2D eigenvalue weighted by Crippen LogP contribution is 2.38. The summed E-state index contributed by atoms with van der Waals surface area (Å²) < 4.78 is 67.0. The fraction of sp³-hybridized carbons (Fsp3) is 0.433. The first-order valence-electron chi connectivity index (χ1n) is 14.7. The van der Waals surface area contributed by atoms with E-state index in [4.69, 9.17) is 9.47 Å². The number of carbonyl (C=O) groups is 2. The number of hydrogen-bond acceptors (Lipinski definition) is 8. The van der Waals surface area contributed by atoms with Crippen LogP contribution in [-0.4, -0.2) is 80.3 Å². The second kappa shape index (κ2) is 12.1. The number of benzene rings is 2. The SMILES string of the molecule is CC1(C)CN(S(=O)(=O)c2cc(F)cc(F)c2)Cc2c(NC(=O)c3ccc(N4CCOCC4)cc3NC(=O)[C@@H]3CCCO3)n[nH]c21. The van der Waals surface area contributed by atoms with E-state index in [1.165, 1.54) is 0 Å². The van der Waals surface area contributed by atoms with E-state index in [-0.39, 0.29) is 30.4 Å². The van der Waals surface area contributed by atoms with Crippen molar-refractivity contribution in [2.45, 2.75) is 49.6 Å². The van der Waals surface area contributed by atoms with Crippen molar-refractivity contribution < 1.29 is 36.3 Å². The van der Waals surface area contributed by atoms with Crippen molar-refractivity contribution in [3.05, 3.63) is 64.9 Å². The third kappa shape index (κ3) is 6.30. The molecule has 6 rings (SSSR count). The van der Waals surface area contributed by atoms with Gasteiger partial charge in [-0.25, -0.2) is 17.2 Å². The van der Waals surface area contributed by atoms with Gasteiger partial charge in [0.25, 0.3) is 11.8 Å². The highest BCUT2D eigenvalue weighted by Gasteiger charge is 2.41. The third-order valence-electron chi connectivity index (χ3n) is 8.26. The molecule has 12 nitrogen and oxygen atoms in total. The van der Waals surface area contributed by atoms with Crippen molar-refractivity contribution in [2.75, 3.05) is 55.0 Å². The number of rotatable bonds is 7. The molecule has 3 aromatic rings. The second-order valence-corrected chi connectivity index (χ2v) is 13.9. The lowest BCUT2D eigenvalue weighted by Gasteiger charge is -2.36. The van der Waals surface area contributed by atoms with Crippen molar-refractivity contribution in [3.63, 3.8) is 0 Å². The molecule has 45 heavy (non-hydrogen) atoms. The number of nitrogens with zero attached hydrogens (tertiary/aromatic N) is 3. The van der Waals surface area contributed by atoms with Gasteiger partial charge < -0.3 is 25.0 Å². The molecule has 2 aromatic carbocycles. The van der Waals surface area contributed by atoms with Crippen LogP contribution in [0.5, 0.6) is 0 Å². The third-order valence-corrected chi connectivity index (χ3v) is 10.0. The Kier molecular flexibility index (Phi) is 8.37. The quantitative estimate of drug-likeness (QED) is 0.355. The van der Waals surface area contributed by atoms with Crippen molar-refractivity contribution in [3.8, 4) is 0 Å². The molecular weight excluding hydrogens is 610 g/mol. The molecule has 1 aromatic heterocycles. The topological polar surface area (TPSA) is 146 Å². The summed E-state index contributed by atoms with van der Waals surface area (Å²) in [5, 5.41) is 12.9. The van der Waals surface area contributed by atoms with Gasteiger partial charge in [0, 0.05) is 61.2 Å². The van der Waals surface area contributed by atoms with E-state index in [1.807, 2.05) is 0 Å². The van der Waals surface area contributed by atoms with Crippen molar-refractivity contribution >= 4 is 39.0 Å². The Morgan fingerprint density at radius 3 is 2.47 bits per heavy atom. The lowest BCUT2D eigenvalue weighted by Crippen LogP contribution is -2.45. The van der Waals surface area contributed by atoms with Crippen LogP contribution in [-0.2, 0) is 36.3 Å². The molecular formula is C30H34F2N6O6S. The minimum absolute atomic E-state index is 0.00152. The summed E-state index contributed by atoms with van der Waals surface area (Å²) in [5.74, 6) is -2.85. The van der Waals surface area contributed by atoms with Gasteiger partial charge in [0.15, 0.2) is 5.82 Å². The normalized spacial score (nSPS) is 20.1. The molecule has 3 aliphatic rings. The monoisotopic (exact) mass is 644 g/mol. The van der Waals surface area contributed by atoms with Gasteiger partial charge in [-0.05, 0) is 43.2 Å². The molecule has 0 unspecified atom stereocenters. The van der Waals surface area contributed by atoms with Crippen molar-refractivity contribution in [2.24, 2.45) is 0 Å². The summed E-state index contributed by atoms with van der Waals surface area (Å²) >= 11 is 0. The van der Waals surface area contributed by atoms with E-state index in [0.29, 0.717) is 62.3 Å². The van der Waals surface area contributed by atoms with Gasteiger partial charge in [-0.15, -0.1) is 0 Å². The minimum atomic E-state index is -4.31. The predicted octanol–water partition coefficient (Wildman–Crippen LogP) is 3.38. The second-order valence-electron chi connectivity index (χ2n) is 12.0. The number of carbonyl (C=O) groups excluding carboxylic acids is 2. The number of H-pyrrole nitrogens is 1. The van der Waals surface area contributed by atoms with Crippen LogP contribution in [0.3, 0.4) is 0 Å². The Labute approximate surface area is 259 Å². The number of aromatic nitrogens is 2. The number of sulfonamides is 1. The van der Waals surface area contributed by atoms with Crippen LogP contribution in [0.25, 0.3) is 0 Å². The molecule has 0 radical (unpaired) electrons. The molecule has 3 N–H and O–H groups in total. The molecule has 240 valence electrons. The molecule has 1 atom stereocenters. The number of nitrogens with one attached hydrogen (secondary N) is 3. The smallest absolute Gasteiger partial charge is 0.258 e. The summed E-state index contributed by atoms with van der Waals surface area (Å²) in [6, 6.07) is 7.29.